The number of halogens is 1. The zero-order valence-electron chi connectivity index (χ0n) is 9.41. The summed E-state index contributed by atoms with van der Waals surface area (Å²) in [7, 11) is 0. The fourth-order valence-electron chi connectivity index (χ4n) is 2.34. The van der Waals surface area contributed by atoms with Crippen molar-refractivity contribution in [1.29, 1.82) is 0 Å². The summed E-state index contributed by atoms with van der Waals surface area (Å²) in [5, 5.41) is 11.1. The van der Waals surface area contributed by atoms with Crippen molar-refractivity contribution in [2.45, 2.75) is 37.1 Å². The van der Waals surface area contributed by atoms with E-state index >= 15 is 0 Å². The SMILES string of the molecule is OC1(COCCBr)CCC2(CC1)OCCO2. The van der Waals surface area contributed by atoms with Crippen molar-refractivity contribution in [2.24, 2.45) is 0 Å². The fraction of sp³-hybridized carbons (Fsp3) is 1.00. The van der Waals surface area contributed by atoms with Crippen LogP contribution in [0.4, 0.5) is 0 Å². The van der Waals surface area contributed by atoms with Crippen LogP contribution in [-0.2, 0) is 14.2 Å². The third kappa shape index (κ3) is 2.96. The highest BCUT2D eigenvalue weighted by atomic mass is 79.9. The second kappa shape index (κ2) is 5.31. The summed E-state index contributed by atoms with van der Waals surface area (Å²) < 4.78 is 16.6. The van der Waals surface area contributed by atoms with Crippen LogP contribution < -0.4 is 0 Å². The number of hydrogen-bond donors (Lipinski definition) is 1. The highest BCUT2D eigenvalue weighted by Crippen LogP contribution is 2.40. The Hall–Kier alpha value is 0.320. The first kappa shape index (κ1) is 12.8. The van der Waals surface area contributed by atoms with Gasteiger partial charge in [-0.05, 0) is 12.8 Å². The standard InChI is InChI=1S/C11H19BrO4/c12-5-6-14-9-10(13)1-3-11(4-2-10)15-7-8-16-11/h13H,1-9H2. The van der Waals surface area contributed by atoms with Gasteiger partial charge in [0.1, 0.15) is 0 Å². The van der Waals surface area contributed by atoms with Gasteiger partial charge in [0.15, 0.2) is 5.79 Å². The maximum absolute atomic E-state index is 10.3. The molecule has 0 radical (unpaired) electrons. The average Bonchev–Trinajstić information content (AvgIpc) is 2.73. The van der Waals surface area contributed by atoms with Crippen molar-refractivity contribution in [2.75, 3.05) is 31.8 Å². The van der Waals surface area contributed by atoms with Gasteiger partial charge in [-0.15, -0.1) is 0 Å². The normalized spacial score (nSPS) is 27.4. The van der Waals surface area contributed by atoms with Crippen LogP contribution in [0.25, 0.3) is 0 Å². The van der Waals surface area contributed by atoms with Crippen LogP contribution in [-0.4, -0.2) is 48.3 Å². The van der Waals surface area contributed by atoms with E-state index in [4.69, 9.17) is 14.2 Å². The topological polar surface area (TPSA) is 47.9 Å². The van der Waals surface area contributed by atoms with Gasteiger partial charge in [0, 0.05) is 18.2 Å². The summed E-state index contributed by atoms with van der Waals surface area (Å²) in [5.41, 5.74) is -0.692. The second-order valence-corrected chi connectivity index (χ2v) is 5.37. The lowest BCUT2D eigenvalue weighted by atomic mass is 9.82. The number of aliphatic hydroxyl groups is 1. The van der Waals surface area contributed by atoms with Crippen molar-refractivity contribution < 1.29 is 19.3 Å². The molecular formula is C11H19BrO4. The van der Waals surface area contributed by atoms with Gasteiger partial charge in [0.2, 0.25) is 0 Å². The molecule has 0 amide bonds. The van der Waals surface area contributed by atoms with E-state index in [2.05, 4.69) is 15.9 Å². The van der Waals surface area contributed by atoms with E-state index in [9.17, 15) is 5.11 Å². The molecule has 2 rings (SSSR count). The molecule has 0 bridgehead atoms. The van der Waals surface area contributed by atoms with Crippen LogP contribution in [0, 0.1) is 0 Å². The zero-order valence-corrected chi connectivity index (χ0v) is 11.0. The van der Waals surface area contributed by atoms with E-state index in [1.165, 1.54) is 0 Å². The van der Waals surface area contributed by atoms with Gasteiger partial charge in [-0.1, -0.05) is 15.9 Å². The van der Waals surface area contributed by atoms with Crippen molar-refractivity contribution in [3.05, 3.63) is 0 Å². The van der Waals surface area contributed by atoms with E-state index in [-0.39, 0.29) is 0 Å². The number of hydrogen-bond acceptors (Lipinski definition) is 4. The second-order valence-electron chi connectivity index (χ2n) is 4.57. The minimum Gasteiger partial charge on any atom is -0.387 e. The highest BCUT2D eigenvalue weighted by Gasteiger charge is 2.45. The molecule has 4 nitrogen and oxygen atoms in total. The van der Waals surface area contributed by atoms with Crippen molar-refractivity contribution in [1.82, 2.24) is 0 Å². The molecule has 16 heavy (non-hydrogen) atoms. The minimum atomic E-state index is -0.692. The fourth-order valence-corrected chi connectivity index (χ4v) is 2.57. The number of rotatable bonds is 4. The first-order valence-electron chi connectivity index (χ1n) is 5.82. The van der Waals surface area contributed by atoms with E-state index in [0.29, 0.717) is 39.3 Å². The summed E-state index contributed by atoms with van der Waals surface area (Å²) >= 11 is 3.29. The largest absolute Gasteiger partial charge is 0.387 e. The molecule has 1 heterocycles. The lowest BCUT2D eigenvalue weighted by Crippen LogP contribution is -2.46. The zero-order chi connectivity index (χ0) is 11.5. The molecule has 1 N–H and O–H groups in total. The lowest BCUT2D eigenvalue weighted by molar-refractivity contribution is -0.209. The smallest absolute Gasteiger partial charge is 0.168 e. The third-order valence-electron chi connectivity index (χ3n) is 3.35. The molecule has 0 unspecified atom stereocenters. The Labute approximate surface area is 104 Å². The Morgan fingerprint density at radius 3 is 2.31 bits per heavy atom. The molecule has 1 aliphatic carbocycles. The summed E-state index contributed by atoms with van der Waals surface area (Å²) in [4.78, 5) is 0. The molecular weight excluding hydrogens is 276 g/mol. The molecule has 2 fully saturated rings. The van der Waals surface area contributed by atoms with Crippen molar-refractivity contribution in [3.63, 3.8) is 0 Å². The van der Waals surface area contributed by atoms with Crippen molar-refractivity contribution in [3.8, 4) is 0 Å². The number of ether oxygens (including phenoxy) is 3. The molecule has 1 saturated carbocycles. The number of alkyl halides is 1. The lowest BCUT2D eigenvalue weighted by Gasteiger charge is -2.40. The first-order chi connectivity index (χ1) is 7.68. The summed E-state index contributed by atoms with van der Waals surface area (Å²) in [6.07, 6.45) is 2.91. The maximum Gasteiger partial charge on any atom is 0.168 e. The molecule has 0 atom stereocenters. The maximum atomic E-state index is 10.3. The Morgan fingerprint density at radius 1 is 1.12 bits per heavy atom. The van der Waals surface area contributed by atoms with Gasteiger partial charge in [-0.2, -0.15) is 0 Å². The van der Waals surface area contributed by atoms with E-state index < -0.39 is 11.4 Å². The van der Waals surface area contributed by atoms with Gasteiger partial charge in [0.25, 0.3) is 0 Å². The molecule has 0 aromatic rings. The van der Waals surface area contributed by atoms with Crippen molar-refractivity contribution >= 4 is 15.9 Å². The Balaban J connectivity index is 1.78. The van der Waals surface area contributed by atoms with Crippen LogP contribution in [0.3, 0.4) is 0 Å². The Bertz CT molecular complexity index is 218. The third-order valence-corrected chi connectivity index (χ3v) is 3.67. The predicted octanol–water partition coefficient (Wildman–Crippen LogP) is 1.45. The molecule has 1 spiro atoms. The quantitative estimate of drug-likeness (QED) is 0.630. The molecule has 5 heteroatoms. The van der Waals surface area contributed by atoms with E-state index in [0.717, 1.165) is 18.2 Å². The first-order valence-corrected chi connectivity index (χ1v) is 6.94. The van der Waals surface area contributed by atoms with Crippen LogP contribution in [0.2, 0.25) is 0 Å². The van der Waals surface area contributed by atoms with Gasteiger partial charge in [-0.25, -0.2) is 0 Å². The minimum absolute atomic E-state index is 0.401. The van der Waals surface area contributed by atoms with Crippen LogP contribution in [0.15, 0.2) is 0 Å². The summed E-state index contributed by atoms with van der Waals surface area (Å²) in [6, 6.07) is 0. The molecule has 94 valence electrons. The Morgan fingerprint density at radius 2 is 1.75 bits per heavy atom. The van der Waals surface area contributed by atoms with Crippen LogP contribution >= 0.6 is 15.9 Å². The van der Waals surface area contributed by atoms with Gasteiger partial charge < -0.3 is 19.3 Å². The average molecular weight is 295 g/mol. The molecule has 0 aromatic heterocycles. The van der Waals surface area contributed by atoms with Crippen LogP contribution in [0.1, 0.15) is 25.7 Å². The molecule has 1 aliphatic heterocycles. The summed E-state index contributed by atoms with van der Waals surface area (Å²) in [6.45, 7) is 2.41. The van der Waals surface area contributed by atoms with Crippen LogP contribution in [0.5, 0.6) is 0 Å². The highest BCUT2D eigenvalue weighted by molar-refractivity contribution is 9.09. The molecule has 1 saturated heterocycles. The molecule has 0 aromatic carbocycles. The van der Waals surface area contributed by atoms with Gasteiger partial charge in [0.05, 0.1) is 32.0 Å². The monoisotopic (exact) mass is 294 g/mol. The van der Waals surface area contributed by atoms with E-state index in [1.807, 2.05) is 0 Å². The molecule has 2 aliphatic rings. The predicted molar refractivity (Wildman–Crippen MR) is 62.7 cm³/mol. The Kier molecular flexibility index (Phi) is 4.24. The van der Waals surface area contributed by atoms with Gasteiger partial charge >= 0.3 is 0 Å². The summed E-state index contributed by atoms with van der Waals surface area (Å²) in [5.74, 6) is -0.401. The van der Waals surface area contributed by atoms with Gasteiger partial charge in [-0.3, -0.25) is 0 Å². The van der Waals surface area contributed by atoms with E-state index in [1.54, 1.807) is 0 Å².